The topological polar surface area (TPSA) is 61.7 Å². The molecule has 0 aliphatic heterocycles. The van der Waals surface area contributed by atoms with Crippen LogP contribution >= 0.6 is 0 Å². The van der Waals surface area contributed by atoms with Crippen molar-refractivity contribution in [3.63, 3.8) is 0 Å². The first-order valence-electron chi connectivity index (χ1n) is 7.54. The summed E-state index contributed by atoms with van der Waals surface area (Å²) in [5.74, 6) is 0.353. The van der Waals surface area contributed by atoms with Crippen molar-refractivity contribution in [3.05, 3.63) is 58.9 Å². The fourth-order valence-electron chi connectivity index (χ4n) is 3.21. The van der Waals surface area contributed by atoms with Crippen LogP contribution in [0.25, 0.3) is 0 Å². The third-order valence-corrected chi connectivity index (χ3v) is 4.26. The third kappa shape index (κ3) is 2.90. The van der Waals surface area contributed by atoms with Gasteiger partial charge in [-0.3, -0.25) is 0 Å². The van der Waals surface area contributed by atoms with Gasteiger partial charge in [0.2, 0.25) is 0 Å². The van der Waals surface area contributed by atoms with E-state index in [1.807, 2.05) is 6.92 Å². The first-order valence-corrected chi connectivity index (χ1v) is 7.54. The molecule has 1 aliphatic carbocycles. The summed E-state index contributed by atoms with van der Waals surface area (Å²) in [5.41, 5.74) is 1.14. The summed E-state index contributed by atoms with van der Waals surface area (Å²) in [5, 5.41) is 23.5. The molecule has 3 rings (SSSR count). The number of benzene rings is 2. The second kappa shape index (κ2) is 5.83. The number of halogens is 1. The Labute approximate surface area is 134 Å². The zero-order valence-electron chi connectivity index (χ0n) is 13.1. The minimum absolute atomic E-state index is 0.151. The van der Waals surface area contributed by atoms with E-state index in [0.717, 1.165) is 11.1 Å². The van der Waals surface area contributed by atoms with Gasteiger partial charge in [0.1, 0.15) is 22.9 Å². The van der Waals surface area contributed by atoms with Crippen molar-refractivity contribution >= 4 is 0 Å². The molecule has 2 unspecified atom stereocenters. The van der Waals surface area contributed by atoms with E-state index in [4.69, 9.17) is 4.74 Å². The quantitative estimate of drug-likeness (QED) is 0.811. The molecule has 122 valence electrons. The lowest BCUT2D eigenvalue weighted by Gasteiger charge is -2.31. The SMILES string of the molecule is CNCC1(O)Cc2ccc(F)cc2C1Oc1ccc(O)cc1C. The Morgan fingerprint density at radius 1 is 1.30 bits per heavy atom. The number of aliphatic hydroxyl groups is 1. The van der Waals surface area contributed by atoms with Crippen molar-refractivity contribution in [2.45, 2.75) is 25.0 Å². The van der Waals surface area contributed by atoms with E-state index >= 15 is 0 Å². The van der Waals surface area contributed by atoms with Gasteiger partial charge >= 0.3 is 0 Å². The maximum absolute atomic E-state index is 13.7. The number of ether oxygens (including phenoxy) is 1. The Hall–Kier alpha value is -2.11. The number of phenolic OH excluding ortho intramolecular Hbond substituents is 1. The van der Waals surface area contributed by atoms with Gasteiger partial charge in [-0.15, -0.1) is 0 Å². The molecular weight excluding hydrogens is 297 g/mol. The van der Waals surface area contributed by atoms with E-state index in [9.17, 15) is 14.6 Å². The molecule has 2 aromatic carbocycles. The molecular formula is C18H20FNO3. The van der Waals surface area contributed by atoms with Gasteiger partial charge < -0.3 is 20.3 Å². The third-order valence-electron chi connectivity index (χ3n) is 4.26. The standard InChI is InChI=1S/C18H20FNO3/c1-11-7-14(21)5-6-16(11)23-17-15-8-13(19)4-3-12(15)9-18(17,22)10-20-2/h3-8,17,20-22H,9-10H2,1-2H3. The van der Waals surface area contributed by atoms with E-state index in [2.05, 4.69) is 5.32 Å². The number of aromatic hydroxyl groups is 1. The molecule has 4 nitrogen and oxygen atoms in total. The summed E-state index contributed by atoms with van der Waals surface area (Å²) in [6, 6.07) is 9.28. The fourth-order valence-corrected chi connectivity index (χ4v) is 3.21. The summed E-state index contributed by atoms with van der Waals surface area (Å²) in [6.07, 6.45) is -0.283. The van der Waals surface area contributed by atoms with Gasteiger partial charge in [0.05, 0.1) is 0 Å². The average molecular weight is 317 g/mol. The second-order valence-corrected chi connectivity index (χ2v) is 6.10. The van der Waals surface area contributed by atoms with Crippen LogP contribution in [0.1, 0.15) is 22.8 Å². The lowest BCUT2D eigenvalue weighted by atomic mass is 9.97. The Morgan fingerprint density at radius 3 is 2.78 bits per heavy atom. The molecule has 0 spiro atoms. The summed E-state index contributed by atoms with van der Waals surface area (Å²) in [4.78, 5) is 0. The van der Waals surface area contributed by atoms with Crippen LogP contribution in [0.15, 0.2) is 36.4 Å². The van der Waals surface area contributed by atoms with Crippen LogP contribution in [0.3, 0.4) is 0 Å². The number of rotatable bonds is 4. The Balaban J connectivity index is 2.01. The molecule has 0 fully saturated rings. The minimum atomic E-state index is -1.16. The molecule has 0 saturated carbocycles. The number of phenols is 1. The van der Waals surface area contributed by atoms with Gasteiger partial charge in [-0.1, -0.05) is 6.07 Å². The van der Waals surface area contributed by atoms with E-state index in [1.165, 1.54) is 18.2 Å². The number of fused-ring (bicyclic) bond motifs is 1. The van der Waals surface area contributed by atoms with Gasteiger partial charge in [-0.05, 0) is 55.4 Å². The molecule has 5 heteroatoms. The van der Waals surface area contributed by atoms with Crippen molar-refractivity contribution in [2.75, 3.05) is 13.6 Å². The molecule has 0 heterocycles. The predicted molar refractivity (Wildman–Crippen MR) is 85.2 cm³/mol. The van der Waals surface area contributed by atoms with Gasteiger partial charge in [0, 0.05) is 18.5 Å². The largest absolute Gasteiger partial charge is 0.508 e. The first kappa shape index (κ1) is 15.8. The van der Waals surface area contributed by atoms with Gasteiger partial charge in [0.25, 0.3) is 0 Å². The number of aryl methyl sites for hydroxylation is 1. The van der Waals surface area contributed by atoms with Crippen LogP contribution in [-0.4, -0.2) is 29.4 Å². The molecule has 2 aromatic rings. The average Bonchev–Trinajstić information content (AvgIpc) is 2.74. The molecule has 0 aromatic heterocycles. The summed E-state index contributed by atoms with van der Waals surface area (Å²) in [7, 11) is 1.75. The van der Waals surface area contributed by atoms with Gasteiger partial charge in [-0.2, -0.15) is 0 Å². The Bertz CT molecular complexity index is 734. The molecule has 0 amide bonds. The van der Waals surface area contributed by atoms with E-state index in [0.29, 0.717) is 24.3 Å². The maximum atomic E-state index is 13.7. The molecule has 23 heavy (non-hydrogen) atoms. The van der Waals surface area contributed by atoms with E-state index < -0.39 is 11.7 Å². The summed E-state index contributed by atoms with van der Waals surface area (Å²) < 4.78 is 19.7. The van der Waals surface area contributed by atoms with E-state index in [-0.39, 0.29) is 11.6 Å². The molecule has 0 radical (unpaired) electrons. The smallest absolute Gasteiger partial charge is 0.154 e. The zero-order chi connectivity index (χ0) is 16.6. The van der Waals surface area contributed by atoms with Crippen molar-refractivity contribution in [2.24, 2.45) is 0 Å². The highest BCUT2D eigenvalue weighted by Crippen LogP contribution is 2.43. The zero-order valence-corrected chi connectivity index (χ0v) is 13.1. The number of likely N-dealkylation sites (N-methyl/N-ethyl adjacent to an activating group) is 1. The normalized spacial score (nSPS) is 22.9. The van der Waals surface area contributed by atoms with Crippen molar-refractivity contribution in [1.29, 1.82) is 0 Å². The Kier molecular flexibility index (Phi) is 4.00. The number of hydrogen-bond donors (Lipinski definition) is 3. The van der Waals surface area contributed by atoms with Crippen molar-refractivity contribution in [3.8, 4) is 11.5 Å². The Morgan fingerprint density at radius 2 is 2.09 bits per heavy atom. The minimum Gasteiger partial charge on any atom is -0.508 e. The highest BCUT2D eigenvalue weighted by Gasteiger charge is 2.46. The monoisotopic (exact) mass is 317 g/mol. The summed E-state index contributed by atoms with van der Waals surface area (Å²) >= 11 is 0. The molecule has 0 saturated heterocycles. The van der Waals surface area contributed by atoms with E-state index in [1.54, 1.807) is 25.2 Å². The molecule has 0 bridgehead atoms. The number of nitrogens with one attached hydrogen (secondary N) is 1. The van der Waals surface area contributed by atoms with Crippen LogP contribution in [0.4, 0.5) is 4.39 Å². The first-order chi connectivity index (χ1) is 10.9. The van der Waals surface area contributed by atoms with Crippen LogP contribution in [0, 0.1) is 12.7 Å². The van der Waals surface area contributed by atoms with Crippen LogP contribution < -0.4 is 10.1 Å². The molecule has 3 N–H and O–H groups in total. The highest BCUT2D eigenvalue weighted by atomic mass is 19.1. The van der Waals surface area contributed by atoms with Crippen molar-refractivity contribution < 1.29 is 19.3 Å². The van der Waals surface area contributed by atoms with Crippen LogP contribution in [-0.2, 0) is 6.42 Å². The predicted octanol–water partition coefficient (Wildman–Crippen LogP) is 2.47. The fraction of sp³-hybridized carbons (Fsp3) is 0.333. The lowest BCUT2D eigenvalue weighted by Crippen LogP contribution is -2.45. The summed E-state index contributed by atoms with van der Waals surface area (Å²) in [6.45, 7) is 2.14. The lowest BCUT2D eigenvalue weighted by molar-refractivity contribution is -0.0487. The second-order valence-electron chi connectivity index (χ2n) is 6.10. The van der Waals surface area contributed by atoms with Gasteiger partial charge in [-0.25, -0.2) is 4.39 Å². The highest BCUT2D eigenvalue weighted by molar-refractivity contribution is 5.43. The molecule has 2 atom stereocenters. The van der Waals surface area contributed by atoms with Crippen LogP contribution in [0.2, 0.25) is 0 Å². The van der Waals surface area contributed by atoms with Crippen molar-refractivity contribution in [1.82, 2.24) is 5.32 Å². The van der Waals surface area contributed by atoms with Gasteiger partial charge in [0.15, 0.2) is 6.10 Å². The number of hydrogen-bond acceptors (Lipinski definition) is 4. The maximum Gasteiger partial charge on any atom is 0.154 e. The van der Waals surface area contributed by atoms with Crippen LogP contribution in [0.5, 0.6) is 11.5 Å². The molecule has 1 aliphatic rings.